The van der Waals surface area contributed by atoms with Crippen LogP contribution < -0.4 is 5.32 Å². The quantitative estimate of drug-likeness (QED) is 0.648. The van der Waals surface area contributed by atoms with E-state index >= 15 is 0 Å². The summed E-state index contributed by atoms with van der Waals surface area (Å²) in [6.45, 7) is 0.160. The van der Waals surface area contributed by atoms with Gasteiger partial charge in [-0.05, 0) is 29.1 Å². The van der Waals surface area contributed by atoms with Gasteiger partial charge in [-0.25, -0.2) is 4.39 Å². The van der Waals surface area contributed by atoms with Gasteiger partial charge in [0.2, 0.25) is 17.6 Å². The number of thioether (sulfide) groups is 1. The van der Waals surface area contributed by atoms with E-state index in [1.54, 1.807) is 12.1 Å². The second kappa shape index (κ2) is 8.46. The van der Waals surface area contributed by atoms with E-state index in [9.17, 15) is 9.18 Å². The van der Waals surface area contributed by atoms with E-state index in [4.69, 9.17) is 16.1 Å². The molecule has 1 aromatic carbocycles. The molecule has 0 fully saturated rings. The van der Waals surface area contributed by atoms with E-state index in [0.717, 1.165) is 4.88 Å². The van der Waals surface area contributed by atoms with Crippen molar-refractivity contribution >= 4 is 40.6 Å². The number of hydrogen-bond acceptors (Lipinski definition) is 6. The molecule has 0 bridgehead atoms. The van der Waals surface area contributed by atoms with Crippen LogP contribution >= 0.6 is 34.7 Å². The molecule has 1 N–H and O–H groups in total. The third-order valence-corrected chi connectivity index (χ3v) is 5.23. The Labute approximate surface area is 156 Å². The zero-order valence-electron chi connectivity index (χ0n) is 12.9. The highest BCUT2D eigenvalue weighted by Crippen LogP contribution is 2.21. The lowest BCUT2D eigenvalue weighted by Crippen LogP contribution is -2.24. The third kappa shape index (κ3) is 5.04. The Morgan fingerprint density at radius 2 is 2.28 bits per heavy atom. The number of halogens is 2. The maximum Gasteiger partial charge on any atom is 0.246 e. The first kappa shape index (κ1) is 17.9. The highest BCUT2D eigenvalue weighted by atomic mass is 35.5. The van der Waals surface area contributed by atoms with Crippen molar-refractivity contribution in [3.8, 4) is 10.7 Å². The van der Waals surface area contributed by atoms with Gasteiger partial charge in [0.15, 0.2) is 0 Å². The molecule has 0 aliphatic rings. The fourth-order valence-corrected chi connectivity index (χ4v) is 3.60. The van der Waals surface area contributed by atoms with Crippen molar-refractivity contribution < 1.29 is 13.7 Å². The zero-order valence-corrected chi connectivity index (χ0v) is 15.3. The van der Waals surface area contributed by atoms with Crippen molar-refractivity contribution in [2.45, 2.75) is 12.3 Å². The van der Waals surface area contributed by atoms with Crippen molar-refractivity contribution in [3.63, 3.8) is 0 Å². The van der Waals surface area contributed by atoms with Gasteiger partial charge in [-0.1, -0.05) is 28.9 Å². The Kier molecular flexibility index (Phi) is 6.06. The third-order valence-electron chi connectivity index (χ3n) is 3.15. The summed E-state index contributed by atoms with van der Waals surface area (Å²) in [6, 6.07) is 8.30. The predicted molar refractivity (Wildman–Crippen MR) is 97.0 cm³/mol. The monoisotopic (exact) mass is 397 g/mol. The summed E-state index contributed by atoms with van der Waals surface area (Å²) in [5.41, 5.74) is 0.514. The minimum Gasteiger partial charge on any atom is -0.346 e. The van der Waals surface area contributed by atoms with Gasteiger partial charge in [-0.3, -0.25) is 4.79 Å². The molecular weight excluding hydrogens is 385 g/mol. The molecule has 0 unspecified atom stereocenters. The number of rotatable bonds is 7. The minimum absolute atomic E-state index is 0.160. The first-order chi connectivity index (χ1) is 12.1. The summed E-state index contributed by atoms with van der Waals surface area (Å²) < 4.78 is 18.7. The van der Waals surface area contributed by atoms with E-state index in [0.29, 0.717) is 28.1 Å². The van der Waals surface area contributed by atoms with Crippen LogP contribution in [0.15, 0.2) is 40.2 Å². The first-order valence-corrected chi connectivity index (χ1v) is 9.68. The first-order valence-electron chi connectivity index (χ1n) is 7.26. The molecule has 1 amide bonds. The SMILES string of the molecule is O=C(CSCc1ccc(Cl)cc1F)NCc1nc(-c2cccs2)no1. The summed E-state index contributed by atoms with van der Waals surface area (Å²) >= 11 is 8.53. The van der Waals surface area contributed by atoms with Crippen molar-refractivity contribution in [1.29, 1.82) is 0 Å². The van der Waals surface area contributed by atoms with Gasteiger partial charge in [0, 0.05) is 10.8 Å². The highest BCUT2D eigenvalue weighted by molar-refractivity contribution is 7.99. The molecule has 5 nitrogen and oxygen atoms in total. The summed E-state index contributed by atoms with van der Waals surface area (Å²) in [5.74, 6) is 0.882. The number of carbonyl (C=O) groups excluding carboxylic acids is 1. The van der Waals surface area contributed by atoms with Gasteiger partial charge in [0.05, 0.1) is 17.2 Å². The number of nitrogens with zero attached hydrogens (tertiary/aromatic N) is 2. The molecule has 0 radical (unpaired) electrons. The Morgan fingerprint density at radius 3 is 3.04 bits per heavy atom. The van der Waals surface area contributed by atoms with E-state index in [1.807, 2.05) is 17.5 Å². The number of amides is 1. The van der Waals surface area contributed by atoms with E-state index in [2.05, 4.69) is 15.5 Å². The Bertz CT molecular complexity index is 855. The number of hydrogen-bond donors (Lipinski definition) is 1. The second-order valence-corrected chi connectivity index (χ2v) is 7.36. The Morgan fingerprint density at radius 1 is 1.40 bits per heavy atom. The number of nitrogens with one attached hydrogen (secondary N) is 1. The smallest absolute Gasteiger partial charge is 0.246 e. The van der Waals surface area contributed by atoms with Crippen LogP contribution in [-0.2, 0) is 17.1 Å². The maximum absolute atomic E-state index is 13.6. The van der Waals surface area contributed by atoms with Gasteiger partial charge in [0.25, 0.3) is 0 Å². The molecule has 9 heteroatoms. The Hall–Kier alpha value is -1.90. The topological polar surface area (TPSA) is 68.0 Å². The average molecular weight is 398 g/mol. The van der Waals surface area contributed by atoms with Crippen LogP contribution in [0.2, 0.25) is 5.02 Å². The maximum atomic E-state index is 13.6. The normalized spacial score (nSPS) is 10.8. The lowest BCUT2D eigenvalue weighted by atomic mass is 10.2. The summed E-state index contributed by atoms with van der Waals surface area (Å²) in [5, 5.41) is 8.85. The molecular formula is C16H13ClFN3O2S2. The molecule has 130 valence electrons. The van der Waals surface area contributed by atoms with Crippen molar-refractivity contribution in [2.24, 2.45) is 0 Å². The van der Waals surface area contributed by atoms with Gasteiger partial charge in [-0.2, -0.15) is 4.98 Å². The van der Waals surface area contributed by atoms with Gasteiger partial charge >= 0.3 is 0 Å². The molecule has 0 spiro atoms. The van der Waals surface area contributed by atoms with Crippen LogP contribution in [0.25, 0.3) is 10.7 Å². The van der Waals surface area contributed by atoms with Crippen molar-refractivity contribution in [3.05, 3.63) is 58.0 Å². The molecule has 3 rings (SSSR count). The number of carbonyl (C=O) groups is 1. The van der Waals surface area contributed by atoms with Gasteiger partial charge < -0.3 is 9.84 Å². The largest absolute Gasteiger partial charge is 0.346 e. The number of aromatic nitrogens is 2. The molecule has 0 saturated heterocycles. The zero-order chi connectivity index (χ0) is 17.6. The molecule has 0 aliphatic heterocycles. The van der Waals surface area contributed by atoms with Crippen LogP contribution in [0.1, 0.15) is 11.5 Å². The molecule has 0 atom stereocenters. The van der Waals surface area contributed by atoms with Crippen molar-refractivity contribution in [2.75, 3.05) is 5.75 Å². The van der Waals surface area contributed by atoms with Crippen LogP contribution in [0.4, 0.5) is 4.39 Å². The molecule has 25 heavy (non-hydrogen) atoms. The lowest BCUT2D eigenvalue weighted by Gasteiger charge is -2.04. The molecule has 2 aromatic heterocycles. The van der Waals surface area contributed by atoms with Crippen LogP contribution in [0.5, 0.6) is 0 Å². The standard InChI is InChI=1S/C16H13ClFN3O2S2/c17-11-4-3-10(12(18)6-11)8-24-9-14(22)19-7-15-20-16(21-23-15)13-2-1-5-25-13/h1-6H,7-9H2,(H,19,22). The van der Waals surface area contributed by atoms with Gasteiger partial charge in [0.1, 0.15) is 5.82 Å². The van der Waals surface area contributed by atoms with Crippen LogP contribution in [-0.4, -0.2) is 21.8 Å². The number of benzene rings is 1. The molecule has 3 aromatic rings. The van der Waals surface area contributed by atoms with E-state index in [1.165, 1.54) is 29.2 Å². The van der Waals surface area contributed by atoms with E-state index in [-0.39, 0.29) is 24.0 Å². The van der Waals surface area contributed by atoms with Crippen LogP contribution in [0, 0.1) is 5.82 Å². The summed E-state index contributed by atoms with van der Waals surface area (Å²) in [4.78, 5) is 17.0. The molecule has 0 saturated carbocycles. The fraction of sp³-hybridized carbons (Fsp3) is 0.188. The van der Waals surface area contributed by atoms with Crippen molar-refractivity contribution in [1.82, 2.24) is 15.5 Å². The molecule has 2 heterocycles. The van der Waals surface area contributed by atoms with Crippen LogP contribution in [0.3, 0.4) is 0 Å². The molecule has 0 aliphatic carbocycles. The number of thiophene rings is 1. The fourth-order valence-electron chi connectivity index (χ4n) is 1.95. The minimum atomic E-state index is -0.368. The highest BCUT2D eigenvalue weighted by Gasteiger charge is 2.11. The summed E-state index contributed by atoms with van der Waals surface area (Å²) in [7, 11) is 0. The predicted octanol–water partition coefficient (Wildman–Crippen LogP) is 4.14. The summed E-state index contributed by atoms with van der Waals surface area (Å²) in [6.07, 6.45) is 0. The lowest BCUT2D eigenvalue weighted by molar-refractivity contribution is -0.118. The Balaban J connectivity index is 1.42. The van der Waals surface area contributed by atoms with E-state index < -0.39 is 0 Å². The average Bonchev–Trinajstić information content (AvgIpc) is 3.26. The second-order valence-electron chi connectivity index (χ2n) is 4.99. The van der Waals surface area contributed by atoms with Gasteiger partial charge in [-0.15, -0.1) is 23.1 Å².